The van der Waals surface area contributed by atoms with Crippen LogP contribution in [0.1, 0.15) is 12.8 Å². The van der Waals surface area contributed by atoms with E-state index in [2.05, 4.69) is 36.5 Å². The molecule has 0 saturated carbocycles. The normalized spacial score (nSPS) is 24.0. The second-order valence-corrected chi connectivity index (χ2v) is 2.20. The van der Waals surface area contributed by atoms with Crippen molar-refractivity contribution >= 4 is 0 Å². The van der Waals surface area contributed by atoms with Crippen LogP contribution in [0.5, 0.6) is 0 Å². The second-order valence-electron chi connectivity index (χ2n) is 2.20. The molecular weight excluding hydrogens is 120 g/mol. The summed E-state index contributed by atoms with van der Waals surface area (Å²) in [5, 5.41) is 0. The van der Waals surface area contributed by atoms with Crippen molar-refractivity contribution in [2.75, 3.05) is 0 Å². The lowest BCUT2D eigenvalue weighted by molar-refractivity contribution is 1.05. The molecule has 0 amide bonds. The minimum absolute atomic E-state index is 1.15. The first-order valence-electron chi connectivity index (χ1n) is 3.65. The van der Waals surface area contributed by atoms with E-state index in [1.54, 1.807) is 0 Å². The van der Waals surface area contributed by atoms with E-state index in [-0.39, 0.29) is 0 Å². The summed E-state index contributed by atoms with van der Waals surface area (Å²) in [6.07, 6.45) is 19.0. The summed E-state index contributed by atoms with van der Waals surface area (Å²) in [6, 6.07) is 0. The van der Waals surface area contributed by atoms with Crippen LogP contribution in [-0.4, -0.2) is 0 Å². The maximum Gasteiger partial charge on any atom is -0.0313 e. The van der Waals surface area contributed by atoms with Crippen LogP contribution in [0.2, 0.25) is 0 Å². The molecule has 0 nitrogen and oxygen atoms in total. The van der Waals surface area contributed by atoms with Crippen LogP contribution < -0.4 is 0 Å². The Kier molecular flexibility index (Phi) is 3.40. The van der Waals surface area contributed by atoms with Gasteiger partial charge in [0.25, 0.3) is 0 Å². The maximum atomic E-state index is 2.18. The summed E-state index contributed by atoms with van der Waals surface area (Å²) in [5.74, 6) is 0. The Labute approximate surface area is 62.3 Å². The molecular formula is C10H12. The lowest BCUT2D eigenvalue weighted by atomic mass is 10.2. The van der Waals surface area contributed by atoms with Crippen LogP contribution in [0, 0.1) is 0 Å². The summed E-state index contributed by atoms with van der Waals surface area (Å²) < 4.78 is 0. The Morgan fingerprint density at radius 1 is 0.500 bits per heavy atom. The van der Waals surface area contributed by atoms with E-state index in [0.717, 1.165) is 12.8 Å². The summed E-state index contributed by atoms with van der Waals surface area (Å²) in [4.78, 5) is 0. The van der Waals surface area contributed by atoms with Crippen molar-refractivity contribution < 1.29 is 0 Å². The average Bonchev–Trinajstić information content (AvgIpc) is 2.01. The molecule has 0 bridgehead atoms. The molecule has 0 aliphatic heterocycles. The van der Waals surface area contributed by atoms with Crippen molar-refractivity contribution in [1.29, 1.82) is 0 Å². The minimum Gasteiger partial charge on any atom is -0.0842 e. The predicted molar refractivity (Wildman–Crippen MR) is 45.8 cm³/mol. The fourth-order valence-electron chi connectivity index (χ4n) is 0.799. The highest BCUT2D eigenvalue weighted by Crippen LogP contribution is 1.95. The lowest BCUT2D eigenvalue weighted by Crippen LogP contribution is -1.64. The lowest BCUT2D eigenvalue weighted by Gasteiger charge is -1.85. The first-order valence-corrected chi connectivity index (χ1v) is 3.65. The van der Waals surface area contributed by atoms with E-state index in [9.17, 15) is 0 Å². The van der Waals surface area contributed by atoms with Gasteiger partial charge < -0.3 is 0 Å². The fourth-order valence-corrected chi connectivity index (χ4v) is 0.799. The molecule has 1 rings (SSSR count). The fraction of sp³-hybridized carbons (Fsp3) is 0.200. The van der Waals surface area contributed by atoms with Crippen molar-refractivity contribution in [3.05, 3.63) is 48.6 Å². The first kappa shape index (κ1) is 7.07. The number of rotatable bonds is 0. The highest BCUT2D eigenvalue weighted by Gasteiger charge is 1.74. The molecule has 1 aliphatic rings. The van der Waals surface area contributed by atoms with Gasteiger partial charge in [0.1, 0.15) is 0 Å². The van der Waals surface area contributed by atoms with Crippen LogP contribution in [0.3, 0.4) is 0 Å². The third-order valence-corrected chi connectivity index (χ3v) is 1.33. The summed E-state index contributed by atoms with van der Waals surface area (Å²) in [7, 11) is 0. The van der Waals surface area contributed by atoms with Gasteiger partial charge >= 0.3 is 0 Å². The summed E-state index contributed by atoms with van der Waals surface area (Å²) >= 11 is 0. The van der Waals surface area contributed by atoms with E-state index < -0.39 is 0 Å². The number of hydrogen-bond donors (Lipinski definition) is 0. The molecule has 1 aliphatic carbocycles. The molecule has 0 saturated heterocycles. The van der Waals surface area contributed by atoms with Gasteiger partial charge in [0.05, 0.1) is 0 Å². The first-order chi connectivity index (χ1) is 5.00. The third kappa shape index (κ3) is 3.08. The van der Waals surface area contributed by atoms with Gasteiger partial charge in [0.15, 0.2) is 0 Å². The monoisotopic (exact) mass is 132 g/mol. The Hall–Kier alpha value is -1.04. The quantitative estimate of drug-likeness (QED) is 0.475. The topological polar surface area (TPSA) is 0 Å². The Balaban J connectivity index is 2.53. The van der Waals surface area contributed by atoms with Gasteiger partial charge in [0, 0.05) is 0 Å². The largest absolute Gasteiger partial charge is 0.0842 e. The Bertz CT molecular complexity index is 158. The molecule has 0 radical (unpaired) electrons. The van der Waals surface area contributed by atoms with Crippen molar-refractivity contribution in [1.82, 2.24) is 0 Å². The van der Waals surface area contributed by atoms with Gasteiger partial charge in [-0.05, 0) is 12.8 Å². The predicted octanol–water partition coefficient (Wildman–Crippen LogP) is 3.01. The van der Waals surface area contributed by atoms with Gasteiger partial charge in [-0.3, -0.25) is 0 Å². The molecule has 10 heavy (non-hydrogen) atoms. The molecule has 52 valence electrons. The van der Waals surface area contributed by atoms with E-state index in [1.807, 2.05) is 12.2 Å². The third-order valence-electron chi connectivity index (χ3n) is 1.33. The van der Waals surface area contributed by atoms with Crippen LogP contribution in [0.25, 0.3) is 0 Å². The van der Waals surface area contributed by atoms with Gasteiger partial charge in [-0.1, -0.05) is 48.6 Å². The van der Waals surface area contributed by atoms with Gasteiger partial charge in [0.2, 0.25) is 0 Å². The van der Waals surface area contributed by atoms with Crippen LogP contribution in [-0.2, 0) is 0 Å². The van der Waals surface area contributed by atoms with E-state index in [0.29, 0.717) is 0 Å². The highest BCUT2D eigenvalue weighted by atomic mass is 13.8. The number of allylic oxidation sites excluding steroid dienone is 8. The average molecular weight is 132 g/mol. The molecule has 0 aromatic heterocycles. The highest BCUT2D eigenvalue weighted by molar-refractivity contribution is 5.16. The molecule has 0 unspecified atom stereocenters. The molecule has 0 N–H and O–H groups in total. The van der Waals surface area contributed by atoms with Crippen LogP contribution >= 0.6 is 0 Å². The molecule has 0 aromatic carbocycles. The Morgan fingerprint density at radius 2 is 0.900 bits per heavy atom. The Morgan fingerprint density at radius 3 is 1.40 bits per heavy atom. The van der Waals surface area contributed by atoms with E-state index in [1.165, 1.54) is 0 Å². The van der Waals surface area contributed by atoms with Gasteiger partial charge in [-0.2, -0.15) is 0 Å². The summed E-state index contributed by atoms with van der Waals surface area (Å²) in [6.45, 7) is 0. The number of hydrogen-bond acceptors (Lipinski definition) is 0. The zero-order chi connectivity index (χ0) is 7.07. The van der Waals surface area contributed by atoms with E-state index in [4.69, 9.17) is 0 Å². The standard InChI is InChI=1S/C10H12/c1-2-4-6-8-10-9-7-5-3-1/h1-8H,9-10H2/b3-1-,4-2?,7-5-,8-6?. The van der Waals surface area contributed by atoms with Gasteiger partial charge in [-0.25, -0.2) is 0 Å². The zero-order valence-corrected chi connectivity index (χ0v) is 6.03. The molecule has 0 atom stereocenters. The van der Waals surface area contributed by atoms with Crippen molar-refractivity contribution in [3.8, 4) is 0 Å². The van der Waals surface area contributed by atoms with Crippen molar-refractivity contribution in [2.24, 2.45) is 0 Å². The minimum atomic E-state index is 1.15. The van der Waals surface area contributed by atoms with Crippen LogP contribution in [0.15, 0.2) is 48.6 Å². The molecule has 0 heteroatoms. The second kappa shape index (κ2) is 4.80. The smallest absolute Gasteiger partial charge is 0.0313 e. The zero-order valence-electron chi connectivity index (χ0n) is 6.03. The molecule has 0 aromatic rings. The molecule has 0 heterocycles. The van der Waals surface area contributed by atoms with Crippen LogP contribution in [0.4, 0.5) is 0 Å². The summed E-state index contributed by atoms with van der Waals surface area (Å²) in [5.41, 5.74) is 0. The SMILES string of the molecule is C1=C/C=C\C=C/CCC=C1. The maximum absolute atomic E-state index is 2.18. The molecule has 0 fully saturated rings. The molecule has 0 spiro atoms. The van der Waals surface area contributed by atoms with E-state index >= 15 is 0 Å². The van der Waals surface area contributed by atoms with Gasteiger partial charge in [-0.15, -0.1) is 0 Å². The van der Waals surface area contributed by atoms with Crippen molar-refractivity contribution in [3.63, 3.8) is 0 Å². The van der Waals surface area contributed by atoms with Crippen molar-refractivity contribution in [2.45, 2.75) is 12.8 Å².